The highest BCUT2D eigenvalue weighted by atomic mass is 35.5. The van der Waals surface area contributed by atoms with Crippen molar-refractivity contribution in [3.05, 3.63) is 69.6 Å². The fourth-order valence-corrected chi connectivity index (χ4v) is 2.62. The number of nitro benzene ring substituents is 1. The van der Waals surface area contributed by atoms with Gasteiger partial charge in [0.25, 0.3) is 5.69 Å². The van der Waals surface area contributed by atoms with Gasteiger partial charge >= 0.3 is 0 Å². The number of non-ortho nitro benzene ring substituents is 1. The van der Waals surface area contributed by atoms with E-state index in [1.807, 2.05) is 0 Å². The predicted molar refractivity (Wildman–Crippen MR) is 108 cm³/mol. The van der Waals surface area contributed by atoms with Crippen molar-refractivity contribution in [3.63, 3.8) is 0 Å². The highest BCUT2D eigenvalue weighted by Crippen LogP contribution is 2.19. The Morgan fingerprint density at radius 1 is 1.10 bits per heavy atom. The Morgan fingerprint density at radius 3 is 2.52 bits per heavy atom. The molecule has 0 spiro atoms. The lowest BCUT2D eigenvalue weighted by Gasteiger charge is -2.07. The number of amides is 1. The van der Waals surface area contributed by atoms with E-state index in [-0.39, 0.29) is 18.0 Å². The number of nitrogens with one attached hydrogen (secondary N) is 2. The minimum Gasteiger partial charge on any atom is -0.383 e. The van der Waals surface area contributed by atoms with E-state index in [4.69, 9.17) is 16.1 Å². The lowest BCUT2D eigenvalue weighted by Crippen LogP contribution is -2.28. The highest BCUT2D eigenvalue weighted by Gasteiger charge is 2.10. The van der Waals surface area contributed by atoms with Crippen LogP contribution in [0.3, 0.4) is 0 Å². The van der Waals surface area contributed by atoms with Crippen LogP contribution in [0.1, 0.15) is 12.3 Å². The fraction of sp³-hybridized carbons (Fsp3) is 0.211. The van der Waals surface area contributed by atoms with Crippen LogP contribution in [0.25, 0.3) is 11.4 Å². The van der Waals surface area contributed by atoms with E-state index >= 15 is 0 Å². The van der Waals surface area contributed by atoms with Crippen LogP contribution in [0.5, 0.6) is 0 Å². The van der Waals surface area contributed by atoms with Gasteiger partial charge in [-0.1, -0.05) is 16.8 Å². The van der Waals surface area contributed by atoms with Crippen LogP contribution in [0.4, 0.5) is 11.4 Å². The standard InChI is InChI=1S/C19H18ClN5O4/c20-14-3-1-13(2-4-14)19-23-18(29-24-19)10-9-17(26)22-12-11-21-15-5-7-16(8-6-15)25(27)28/h1-8,21H,9-12H2,(H,22,26). The number of nitro groups is 1. The molecule has 0 aliphatic carbocycles. The van der Waals surface area contributed by atoms with E-state index in [0.717, 1.165) is 11.3 Å². The monoisotopic (exact) mass is 415 g/mol. The van der Waals surface area contributed by atoms with Gasteiger partial charge < -0.3 is 15.2 Å². The SMILES string of the molecule is O=C(CCc1nc(-c2ccc(Cl)cc2)no1)NCCNc1ccc([N+](=O)[O-])cc1. The van der Waals surface area contributed by atoms with Gasteiger partial charge in [0, 0.05) is 54.3 Å². The zero-order valence-corrected chi connectivity index (χ0v) is 16.1. The Balaban J connectivity index is 1.37. The maximum atomic E-state index is 11.9. The average molecular weight is 416 g/mol. The van der Waals surface area contributed by atoms with Crippen LogP contribution in [0, 0.1) is 10.1 Å². The number of halogens is 1. The first-order valence-corrected chi connectivity index (χ1v) is 9.22. The minimum atomic E-state index is -0.453. The molecule has 0 fully saturated rings. The van der Waals surface area contributed by atoms with Crippen molar-refractivity contribution in [1.29, 1.82) is 0 Å². The third kappa shape index (κ3) is 6.01. The van der Waals surface area contributed by atoms with E-state index in [2.05, 4.69) is 20.8 Å². The summed E-state index contributed by atoms with van der Waals surface area (Å²) in [6.07, 6.45) is 0.558. The number of aromatic nitrogens is 2. The molecule has 150 valence electrons. The van der Waals surface area contributed by atoms with Crippen molar-refractivity contribution in [1.82, 2.24) is 15.5 Å². The first-order valence-electron chi connectivity index (χ1n) is 8.85. The van der Waals surface area contributed by atoms with Gasteiger partial charge in [-0.2, -0.15) is 4.98 Å². The zero-order valence-electron chi connectivity index (χ0n) is 15.3. The van der Waals surface area contributed by atoms with E-state index in [1.165, 1.54) is 12.1 Å². The molecule has 0 saturated heterocycles. The molecule has 0 aliphatic rings. The smallest absolute Gasteiger partial charge is 0.269 e. The molecular weight excluding hydrogens is 398 g/mol. The Hall–Kier alpha value is -3.46. The molecule has 2 N–H and O–H groups in total. The normalized spacial score (nSPS) is 10.5. The van der Waals surface area contributed by atoms with E-state index in [0.29, 0.717) is 36.2 Å². The lowest BCUT2D eigenvalue weighted by molar-refractivity contribution is -0.384. The summed E-state index contributed by atoms with van der Waals surface area (Å²) in [5, 5.41) is 21.0. The second kappa shape index (κ2) is 9.65. The number of aryl methyl sites for hydroxylation is 1. The van der Waals surface area contributed by atoms with Crippen molar-refractivity contribution >= 4 is 28.9 Å². The Labute approximate surface area is 171 Å². The summed E-state index contributed by atoms with van der Waals surface area (Å²) >= 11 is 5.86. The molecule has 1 aromatic heterocycles. The van der Waals surface area contributed by atoms with Crippen molar-refractivity contribution in [2.45, 2.75) is 12.8 Å². The molecule has 9 nitrogen and oxygen atoms in total. The second-order valence-electron chi connectivity index (χ2n) is 6.10. The van der Waals surface area contributed by atoms with Gasteiger partial charge in [0.05, 0.1) is 4.92 Å². The van der Waals surface area contributed by atoms with E-state index < -0.39 is 4.92 Å². The van der Waals surface area contributed by atoms with E-state index in [1.54, 1.807) is 36.4 Å². The number of hydrogen-bond donors (Lipinski definition) is 2. The van der Waals surface area contributed by atoms with Crippen LogP contribution in [0.15, 0.2) is 53.1 Å². The van der Waals surface area contributed by atoms with Crippen LogP contribution in [0.2, 0.25) is 5.02 Å². The Morgan fingerprint density at radius 2 is 1.83 bits per heavy atom. The van der Waals surface area contributed by atoms with Gasteiger partial charge in [-0.25, -0.2) is 0 Å². The summed E-state index contributed by atoms with van der Waals surface area (Å²) in [5.74, 6) is 0.695. The van der Waals surface area contributed by atoms with Crippen molar-refractivity contribution < 1.29 is 14.2 Å². The van der Waals surface area contributed by atoms with Gasteiger partial charge in [-0.15, -0.1) is 0 Å². The number of anilines is 1. The maximum absolute atomic E-state index is 11.9. The molecule has 0 atom stereocenters. The molecule has 1 amide bonds. The Kier molecular flexibility index (Phi) is 6.75. The van der Waals surface area contributed by atoms with Gasteiger partial charge in [-0.05, 0) is 36.4 Å². The molecular formula is C19H18ClN5O4. The van der Waals surface area contributed by atoms with Gasteiger partial charge in [-0.3, -0.25) is 14.9 Å². The summed E-state index contributed by atoms with van der Waals surface area (Å²) in [4.78, 5) is 26.4. The molecule has 0 aliphatic heterocycles. The zero-order chi connectivity index (χ0) is 20.6. The van der Waals surface area contributed by atoms with Gasteiger partial charge in [0.15, 0.2) is 0 Å². The molecule has 10 heteroatoms. The lowest BCUT2D eigenvalue weighted by atomic mass is 10.2. The summed E-state index contributed by atoms with van der Waals surface area (Å²) in [6, 6.07) is 13.1. The van der Waals surface area contributed by atoms with Crippen LogP contribution in [-0.4, -0.2) is 34.1 Å². The fourth-order valence-electron chi connectivity index (χ4n) is 2.49. The number of benzene rings is 2. The number of carbonyl (C=O) groups is 1. The van der Waals surface area contributed by atoms with Crippen LogP contribution < -0.4 is 10.6 Å². The van der Waals surface area contributed by atoms with E-state index in [9.17, 15) is 14.9 Å². The molecule has 0 bridgehead atoms. The third-order valence-electron chi connectivity index (χ3n) is 3.99. The predicted octanol–water partition coefficient (Wildman–Crippen LogP) is 3.46. The quantitative estimate of drug-likeness (QED) is 0.311. The van der Waals surface area contributed by atoms with Crippen molar-refractivity contribution in [2.75, 3.05) is 18.4 Å². The largest absolute Gasteiger partial charge is 0.383 e. The molecule has 0 saturated carbocycles. The molecule has 1 heterocycles. The summed E-state index contributed by atoms with van der Waals surface area (Å²) < 4.78 is 5.18. The maximum Gasteiger partial charge on any atom is 0.269 e. The molecule has 0 unspecified atom stereocenters. The number of nitrogens with zero attached hydrogens (tertiary/aromatic N) is 3. The second-order valence-corrected chi connectivity index (χ2v) is 6.54. The summed E-state index contributed by atoms with van der Waals surface area (Å²) in [6.45, 7) is 0.903. The van der Waals surface area contributed by atoms with Gasteiger partial charge in [0.1, 0.15) is 0 Å². The third-order valence-corrected chi connectivity index (χ3v) is 4.24. The molecule has 29 heavy (non-hydrogen) atoms. The van der Waals surface area contributed by atoms with Gasteiger partial charge in [0.2, 0.25) is 17.6 Å². The minimum absolute atomic E-state index is 0.0316. The van der Waals surface area contributed by atoms with Crippen LogP contribution in [-0.2, 0) is 11.2 Å². The van der Waals surface area contributed by atoms with Crippen molar-refractivity contribution in [2.24, 2.45) is 0 Å². The highest BCUT2D eigenvalue weighted by molar-refractivity contribution is 6.30. The Bertz CT molecular complexity index is 973. The first kappa shape index (κ1) is 20.3. The first-order chi connectivity index (χ1) is 14.0. The number of rotatable bonds is 9. The number of hydrogen-bond acceptors (Lipinski definition) is 7. The summed E-state index contributed by atoms with van der Waals surface area (Å²) in [5.41, 5.74) is 1.56. The molecule has 3 aromatic rings. The molecule has 3 rings (SSSR count). The molecule has 0 radical (unpaired) electrons. The summed E-state index contributed by atoms with van der Waals surface area (Å²) in [7, 11) is 0. The number of carbonyl (C=O) groups excluding carboxylic acids is 1. The topological polar surface area (TPSA) is 123 Å². The molecule has 2 aromatic carbocycles. The van der Waals surface area contributed by atoms with Crippen LogP contribution >= 0.6 is 11.6 Å². The van der Waals surface area contributed by atoms with Crippen molar-refractivity contribution in [3.8, 4) is 11.4 Å². The average Bonchev–Trinajstić information content (AvgIpc) is 3.19.